The Balaban J connectivity index is 3.26. The first-order valence-corrected chi connectivity index (χ1v) is 5.74. The maximum absolute atomic E-state index is 11.8. The zero-order valence-electron chi connectivity index (χ0n) is 10.9. The second kappa shape index (κ2) is 5.74. The molecule has 1 rings (SSSR count). The quantitative estimate of drug-likeness (QED) is 0.435. The molecule has 9 nitrogen and oxygen atoms in total. The summed E-state index contributed by atoms with van der Waals surface area (Å²) in [5.74, 6) is -1.31. The minimum absolute atomic E-state index is 0.00528. The minimum atomic E-state index is -2.44. The van der Waals surface area contributed by atoms with E-state index in [1.807, 2.05) is 0 Å². The number of hydrogen-bond acceptors (Lipinski definition) is 7. The molecular formula is C10H16N4O5. The minimum Gasteiger partial charge on any atom is -0.463 e. The van der Waals surface area contributed by atoms with Gasteiger partial charge in [0.2, 0.25) is 0 Å². The van der Waals surface area contributed by atoms with Crippen LogP contribution in [0.15, 0.2) is 6.33 Å². The van der Waals surface area contributed by atoms with E-state index in [1.165, 1.54) is 11.6 Å². The van der Waals surface area contributed by atoms with Gasteiger partial charge in [0.15, 0.2) is 5.82 Å². The molecule has 1 N–H and O–H groups in total. The summed E-state index contributed by atoms with van der Waals surface area (Å²) in [6, 6.07) is -0.217. The molecule has 0 aliphatic carbocycles. The molecule has 1 atom stereocenters. The molecule has 0 aliphatic heterocycles. The molecule has 1 aromatic rings. The van der Waals surface area contributed by atoms with E-state index in [1.54, 1.807) is 13.8 Å². The highest BCUT2D eigenvalue weighted by atomic mass is 16.6. The molecule has 9 heteroatoms. The molecule has 106 valence electrons. The Morgan fingerprint density at radius 3 is 2.79 bits per heavy atom. The molecule has 0 spiro atoms. The third-order valence-electron chi connectivity index (χ3n) is 2.40. The molecule has 0 saturated heterocycles. The maximum Gasteiger partial charge on any atom is 0.353 e. The van der Waals surface area contributed by atoms with Crippen molar-refractivity contribution in [3.63, 3.8) is 0 Å². The van der Waals surface area contributed by atoms with E-state index in [9.17, 15) is 20.0 Å². The van der Waals surface area contributed by atoms with E-state index in [-0.39, 0.29) is 18.5 Å². The van der Waals surface area contributed by atoms with Crippen molar-refractivity contribution in [2.75, 3.05) is 13.2 Å². The van der Waals surface area contributed by atoms with Crippen LogP contribution in [0.3, 0.4) is 0 Å². The number of nitrogens with zero attached hydrogens (tertiary/aromatic N) is 4. The first kappa shape index (κ1) is 15.0. The van der Waals surface area contributed by atoms with Gasteiger partial charge < -0.3 is 9.84 Å². The van der Waals surface area contributed by atoms with Crippen molar-refractivity contribution in [2.45, 2.75) is 32.4 Å². The highest BCUT2D eigenvalue weighted by Crippen LogP contribution is 2.23. The van der Waals surface area contributed by atoms with Crippen LogP contribution in [0.2, 0.25) is 0 Å². The Morgan fingerprint density at radius 1 is 1.68 bits per heavy atom. The molecule has 0 fully saturated rings. The van der Waals surface area contributed by atoms with E-state index in [2.05, 4.69) is 10.1 Å². The number of carbonyl (C=O) groups excluding carboxylic acids is 1. The second-order valence-electron chi connectivity index (χ2n) is 4.19. The average Bonchev–Trinajstić information content (AvgIpc) is 2.77. The summed E-state index contributed by atoms with van der Waals surface area (Å²) < 4.78 is 5.94. The summed E-state index contributed by atoms with van der Waals surface area (Å²) in [6.07, 6.45) is 1.12. The number of rotatable bonds is 6. The van der Waals surface area contributed by atoms with Gasteiger partial charge in [0, 0.05) is 11.0 Å². The van der Waals surface area contributed by atoms with Gasteiger partial charge in [-0.2, -0.15) is 5.10 Å². The Kier molecular flexibility index (Phi) is 4.54. The average molecular weight is 272 g/mol. The summed E-state index contributed by atoms with van der Waals surface area (Å²) in [5.41, 5.74) is -2.44. The smallest absolute Gasteiger partial charge is 0.353 e. The number of aromatic nitrogens is 3. The van der Waals surface area contributed by atoms with Crippen LogP contribution in [0, 0.1) is 10.1 Å². The topological polar surface area (TPSA) is 120 Å². The monoisotopic (exact) mass is 272 g/mol. The molecule has 19 heavy (non-hydrogen) atoms. The van der Waals surface area contributed by atoms with Crippen LogP contribution in [0.5, 0.6) is 0 Å². The van der Waals surface area contributed by atoms with Gasteiger partial charge in [0.1, 0.15) is 6.33 Å². The fourth-order valence-electron chi connectivity index (χ4n) is 1.59. The van der Waals surface area contributed by atoms with Crippen LogP contribution in [0.4, 0.5) is 0 Å². The summed E-state index contributed by atoms with van der Waals surface area (Å²) in [4.78, 5) is 25.5. The number of carbonyl (C=O) groups is 1. The van der Waals surface area contributed by atoms with Crippen LogP contribution >= 0.6 is 0 Å². The molecule has 0 bridgehead atoms. The van der Waals surface area contributed by atoms with Crippen molar-refractivity contribution in [2.24, 2.45) is 0 Å². The highest BCUT2D eigenvalue weighted by Gasteiger charge is 2.49. The van der Waals surface area contributed by atoms with Gasteiger partial charge in [0.05, 0.1) is 6.61 Å². The van der Waals surface area contributed by atoms with Gasteiger partial charge >= 0.3 is 5.97 Å². The third kappa shape index (κ3) is 3.05. The van der Waals surface area contributed by atoms with Crippen molar-refractivity contribution < 1.29 is 19.6 Å². The van der Waals surface area contributed by atoms with E-state index in [0.717, 1.165) is 6.33 Å². The second-order valence-corrected chi connectivity index (χ2v) is 4.19. The lowest BCUT2D eigenvalue weighted by atomic mass is 10.0. The number of ether oxygens (including phenoxy) is 1. The van der Waals surface area contributed by atoms with Crippen molar-refractivity contribution in [3.05, 3.63) is 22.3 Å². The first-order chi connectivity index (χ1) is 8.82. The lowest BCUT2D eigenvalue weighted by molar-refractivity contribution is -0.500. The summed E-state index contributed by atoms with van der Waals surface area (Å²) >= 11 is 0. The van der Waals surface area contributed by atoms with Crippen molar-refractivity contribution >= 4 is 5.97 Å². The van der Waals surface area contributed by atoms with Crippen molar-refractivity contribution in [3.8, 4) is 0 Å². The highest BCUT2D eigenvalue weighted by molar-refractivity contribution is 5.80. The molecule has 0 aliphatic rings. The van der Waals surface area contributed by atoms with Crippen LogP contribution < -0.4 is 0 Å². The maximum atomic E-state index is 11.8. The largest absolute Gasteiger partial charge is 0.463 e. The molecule has 0 saturated carbocycles. The third-order valence-corrected chi connectivity index (χ3v) is 2.40. The first-order valence-electron chi connectivity index (χ1n) is 5.74. The van der Waals surface area contributed by atoms with Crippen LogP contribution in [0.1, 0.15) is 32.6 Å². The van der Waals surface area contributed by atoms with Crippen LogP contribution in [-0.2, 0) is 15.1 Å². The van der Waals surface area contributed by atoms with Gasteiger partial charge in [-0.05, 0) is 20.8 Å². The molecule has 0 radical (unpaired) electrons. The predicted octanol–water partition coefficient (Wildman–Crippen LogP) is -0.114. The molecule has 1 heterocycles. The lowest BCUT2D eigenvalue weighted by Gasteiger charge is -2.22. The fourth-order valence-corrected chi connectivity index (χ4v) is 1.59. The van der Waals surface area contributed by atoms with Gasteiger partial charge in [-0.3, -0.25) is 10.1 Å². The van der Waals surface area contributed by atoms with E-state index in [0.29, 0.717) is 0 Å². The molecule has 1 unspecified atom stereocenters. The lowest BCUT2D eigenvalue weighted by Crippen LogP contribution is -2.46. The Hall–Kier alpha value is -2.03. The zero-order chi connectivity index (χ0) is 14.6. The van der Waals surface area contributed by atoms with E-state index < -0.39 is 23.0 Å². The number of esters is 1. The van der Waals surface area contributed by atoms with Crippen LogP contribution in [-0.4, -0.2) is 43.9 Å². The number of nitro groups is 1. The summed E-state index contributed by atoms with van der Waals surface area (Å²) in [6.45, 7) is 4.00. The Bertz CT molecular complexity index is 472. The standard InChI is InChI=1S/C10H16N4O5/c1-4-19-9(15)10(16,5-13(17)18)8-11-6-12-14(8)7(2)3/h6-7,16H,4-5H2,1-3H3. The molecule has 0 amide bonds. The van der Waals surface area contributed by atoms with E-state index in [4.69, 9.17) is 4.74 Å². The van der Waals surface area contributed by atoms with E-state index >= 15 is 0 Å². The number of hydrogen-bond donors (Lipinski definition) is 1. The summed E-state index contributed by atoms with van der Waals surface area (Å²) in [7, 11) is 0. The molecular weight excluding hydrogens is 256 g/mol. The van der Waals surface area contributed by atoms with Crippen molar-refractivity contribution in [1.29, 1.82) is 0 Å². The number of aliphatic hydroxyl groups is 1. The SMILES string of the molecule is CCOC(=O)C(O)(C[N+](=O)[O-])c1ncnn1C(C)C. The normalized spacial score (nSPS) is 14.2. The van der Waals surface area contributed by atoms with Gasteiger partial charge in [0.25, 0.3) is 12.1 Å². The van der Waals surface area contributed by atoms with Crippen LogP contribution in [0.25, 0.3) is 0 Å². The van der Waals surface area contributed by atoms with Gasteiger partial charge in [-0.25, -0.2) is 14.5 Å². The molecule has 0 aromatic carbocycles. The fraction of sp³-hybridized carbons (Fsp3) is 0.700. The van der Waals surface area contributed by atoms with Crippen molar-refractivity contribution in [1.82, 2.24) is 14.8 Å². The Labute approximate surface area is 109 Å². The zero-order valence-corrected chi connectivity index (χ0v) is 10.9. The predicted molar refractivity (Wildman–Crippen MR) is 62.8 cm³/mol. The van der Waals surface area contributed by atoms with Gasteiger partial charge in [-0.15, -0.1) is 0 Å². The Morgan fingerprint density at radius 2 is 2.32 bits per heavy atom. The van der Waals surface area contributed by atoms with Gasteiger partial charge in [-0.1, -0.05) is 0 Å². The molecule has 1 aromatic heterocycles. The summed E-state index contributed by atoms with van der Waals surface area (Å²) in [5, 5.41) is 24.9.